The van der Waals surface area contributed by atoms with Gasteiger partial charge in [0.25, 0.3) is 10.0 Å². The van der Waals surface area contributed by atoms with Crippen LogP contribution in [0.25, 0.3) is 0 Å². The molecule has 1 aromatic heterocycles. The van der Waals surface area contributed by atoms with Gasteiger partial charge in [0.2, 0.25) is 5.09 Å². The summed E-state index contributed by atoms with van der Waals surface area (Å²) in [6.07, 6.45) is -2.70. The zero-order valence-corrected chi connectivity index (χ0v) is 15.7. The first kappa shape index (κ1) is 19.9. The van der Waals surface area contributed by atoms with Gasteiger partial charge in [0, 0.05) is 19.6 Å². The molecule has 5 nitrogen and oxygen atoms in total. The highest BCUT2D eigenvalue weighted by atomic mass is 32.2. The standard InChI is InChI=1S/C18H21F3N2O3S/c1-22(12-14-5-4-6-15(11-14)18(19,20)21)13-16-7-8-17(26-16)27(24,25)23-9-2-3-10-23/h4-8,11H,2-3,9-10,12-13H2,1H3. The first-order valence-corrected chi connectivity index (χ1v) is 10.0. The number of furan rings is 1. The lowest BCUT2D eigenvalue weighted by molar-refractivity contribution is -0.137. The maximum atomic E-state index is 12.8. The Hall–Kier alpha value is -1.84. The molecular formula is C18H21F3N2O3S. The minimum Gasteiger partial charge on any atom is -0.447 e. The molecule has 148 valence electrons. The molecule has 0 aliphatic carbocycles. The summed E-state index contributed by atoms with van der Waals surface area (Å²) in [7, 11) is -1.88. The van der Waals surface area contributed by atoms with Crippen LogP contribution in [0.15, 0.2) is 45.9 Å². The predicted octanol–water partition coefficient (Wildman–Crippen LogP) is 3.71. The normalized spacial score (nSPS) is 16.3. The summed E-state index contributed by atoms with van der Waals surface area (Å²) in [5.74, 6) is 0.447. The average molecular weight is 402 g/mol. The van der Waals surface area contributed by atoms with E-state index in [0.717, 1.165) is 25.0 Å². The van der Waals surface area contributed by atoms with Crippen molar-refractivity contribution >= 4 is 10.0 Å². The Morgan fingerprint density at radius 3 is 2.48 bits per heavy atom. The summed E-state index contributed by atoms with van der Waals surface area (Å²) in [4.78, 5) is 1.76. The molecule has 2 aromatic rings. The van der Waals surface area contributed by atoms with Crippen LogP contribution in [0.5, 0.6) is 0 Å². The van der Waals surface area contributed by atoms with E-state index in [1.807, 2.05) is 0 Å². The number of halogens is 3. The van der Waals surface area contributed by atoms with Crippen LogP contribution in [-0.2, 0) is 29.3 Å². The number of alkyl halides is 3. The third-order valence-corrected chi connectivity index (χ3v) is 6.20. The van der Waals surface area contributed by atoms with Crippen molar-refractivity contribution in [1.82, 2.24) is 9.21 Å². The Morgan fingerprint density at radius 1 is 1.11 bits per heavy atom. The molecule has 0 spiro atoms. The van der Waals surface area contributed by atoms with Crippen molar-refractivity contribution in [3.63, 3.8) is 0 Å². The van der Waals surface area contributed by atoms with Crippen LogP contribution in [0, 0.1) is 0 Å². The Kier molecular flexibility index (Phi) is 5.64. The molecule has 3 rings (SSSR count). The average Bonchev–Trinajstić information content (AvgIpc) is 3.26. The van der Waals surface area contributed by atoms with Gasteiger partial charge in [0.05, 0.1) is 12.1 Å². The smallest absolute Gasteiger partial charge is 0.416 e. The fraction of sp³-hybridized carbons (Fsp3) is 0.444. The van der Waals surface area contributed by atoms with E-state index in [-0.39, 0.29) is 18.2 Å². The molecule has 0 saturated carbocycles. The first-order chi connectivity index (χ1) is 12.7. The lowest BCUT2D eigenvalue weighted by Crippen LogP contribution is -2.27. The molecule has 1 aliphatic rings. The van der Waals surface area contributed by atoms with Gasteiger partial charge in [-0.3, -0.25) is 4.90 Å². The van der Waals surface area contributed by atoms with E-state index in [2.05, 4.69) is 0 Å². The van der Waals surface area contributed by atoms with Gasteiger partial charge in [0.1, 0.15) is 5.76 Å². The maximum absolute atomic E-state index is 12.8. The zero-order valence-electron chi connectivity index (χ0n) is 14.9. The summed E-state index contributed by atoms with van der Waals surface area (Å²) in [6, 6.07) is 8.16. The quantitative estimate of drug-likeness (QED) is 0.739. The Labute approximate surface area is 156 Å². The highest BCUT2D eigenvalue weighted by Gasteiger charge is 2.31. The molecule has 27 heavy (non-hydrogen) atoms. The molecule has 1 aliphatic heterocycles. The van der Waals surface area contributed by atoms with E-state index in [4.69, 9.17) is 4.42 Å². The lowest BCUT2D eigenvalue weighted by Gasteiger charge is -2.16. The van der Waals surface area contributed by atoms with Crippen LogP contribution in [-0.4, -0.2) is 37.8 Å². The van der Waals surface area contributed by atoms with E-state index < -0.39 is 21.8 Å². The van der Waals surface area contributed by atoms with E-state index in [1.54, 1.807) is 24.1 Å². The van der Waals surface area contributed by atoms with Crippen molar-refractivity contribution in [3.05, 3.63) is 53.3 Å². The SMILES string of the molecule is CN(Cc1cccc(C(F)(F)F)c1)Cc1ccc(S(=O)(=O)N2CCCC2)o1. The van der Waals surface area contributed by atoms with Gasteiger partial charge in [-0.1, -0.05) is 18.2 Å². The second-order valence-corrected chi connectivity index (χ2v) is 8.57. The number of sulfonamides is 1. The molecular weight excluding hydrogens is 381 g/mol. The van der Waals surface area contributed by atoms with Crippen molar-refractivity contribution in [2.45, 2.75) is 37.2 Å². The number of benzene rings is 1. The fourth-order valence-corrected chi connectivity index (χ4v) is 4.56. The molecule has 2 heterocycles. The topological polar surface area (TPSA) is 53.8 Å². The van der Waals surface area contributed by atoms with Crippen LogP contribution >= 0.6 is 0 Å². The van der Waals surface area contributed by atoms with Crippen molar-refractivity contribution in [2.75, 3.05) is 20.1 Å². The van der Waals surface area contributed by atoms with Crippen molar-refractivity contribution in [1.29, 1.82) is 0 Å². The third kappa shape index (κ3) is 4.72. The highest BCUT2D eigenvalue weighted by Crippen LogP contribution is 2.30. The monoisotopic (exact) mass is 402 g/mol. The Bertz CT molecular complexity index is 887. The molecule has 0 atom stereocenters. The first-order valence-electron chi connectivity index (χ1n) is 8.60. The van der Waals surface area contributed by atoms with Gasteiger partial charge in [-0.15, -0.1) is 0 Å². The van der Waals surface area contributed by atoms with E-state index >= 15 is 0 Å². The zero-order chi connectivity index (χ0) is 19.7. The summed E-state index contributed by atoms with van der Waals surface area (Å²) < 4.78 is 70.3. The molecule has 0 bridgehead atoms. The Balaban J connectivity index is 1.65. The second-order valence-electron chi connectivity index (χ2n) is 6.70. The maximum Gasteiger partial charge on any atom is 0.416 e. The third-order valence-electron chi connectivity index (χ3n) is 4.43. The Morgan fingerprint density at radius 2 is 1.81 bits per heavy atom. The molecule has 1 fully saturated rings. The fourth-order valence-electron chi connectivity index (χ4n) is 3.12. The molecule has 1 aromatic carbocycles. The molecule has 9 heteroatoms. The van der Waals surface area contributed by atoms with E-state index in [9.17, 15) is 21.6 Å². The minimum absolute atomic E-state index is 0.0909. The van der Waals surface area contributed by atoms with Crippen LogP contribution in [0.2, 0.25) is 0 Å². The summed E-state index contributed by atoms with van der Waals surface area (Å²) in [5, 5.41) is -0.0909. The van der Waals surface area contributed by atoms with Crippen molar-refractivity contribution in [2.24, 2.45) is 0 Å². The minimum atomic E-state index is -4.38. The van der Waals surface area contributed by atoms with Gasteiger partial charge in [-0.2, -0.15) is 17.5 Å². The van der Waals surface area contributed by atoms with Crippen LogP contribution < -0.4 is 0 Å². The summed E-state index contributed by atoms with van der Waals surface area (Å²) in [6.45, 7) is 1.55. The number of rotatable bonds is 6. The number of hydrogen-bond donors (Lipinski definition) is 0. The van der Waals surface area contributed by atoms with Gasteiger partial charge in [-0.25, -0.2) is 8.42 Å². The molecule has 1 saturated heterocycles. The molecule has 0 amide bonds. The van der Waals surface area contributed by atoms with Crippen LogP contribution in [0.1, 0.15) is 29.7 Å². The number of nitrogens with zero attached hydrogens (tertiary/aromatic N) is 2. The second kappa shape index (κ2) is 7.65. The van der Waals surface area contributed by atoms with E-state index in [1.165, 1.54) is 16.4 Å². The summed E-state index contributed by atoms with van der Waals surface area (Å²) >= 11 is 0. The molecule has 0 unspecified atom stereocenters. The summed E-state index contributed by atoms with van der Waals surface area (Å²) in [5.41, 5.74) is -0.172. The molecule has 0 N–H and O–H groups in total. The highest BCUT2D eigenvalue weighted by molar-refractivity contribution is 7.89. The van der Waals surface area contributed by atoms with Crippen molar-refractivity contribution < 1.29 is 26.0 Å². The van der Waals surface area contributed by atoms with Crippen LogP contribution in [0.4, 0.5) is 13.2 Å². The number of hydrogen-bond acceptors (Lipinski definition) is 4. The van der Waals surface area contributed by atoms with Crippen molar-refractivity contribution in [3.8, 4) is 0 Å². The van der Waals surface area contributed by atoms with Crippen LogP contribution in [0.3, 0.4) is 0 Å². The largest absolute Gasteiger partial charge is 0.447 e. The van der Waals surface area contributed by atoms with Gasteiger partial charge < -0.3 is 4.42 Å². The lowest BCUT2D eigenvalue weighted by atomic mass is 10.1. The predicted molar refractivity (Wildman–Crippen MR) is 93.3 cm³/mol. The van der Waals surface area contributed by atoms with Gasteiger partial charge in [0.15, 0.2) is 0 Å². The molecule has 0 radical (unpaired) electrons. The van der Waals surface area contributed by atoms with E-state index in [0.29, 0.717) is 24.4 Å². The van der Waals surface area contributed by atoms with Gasteiger partial charge >= 0.3 is 6.18 Å². The van der Waals surface area contributed by atoms with Gasteiger partial charge in [-0.05, 0) is 43.7 Å².